The number of amides is 2. The molecule has 0 unspecified atom stereocenters. The highest BCUT2D eigenvalue weighted by Crippen LogP contribution is 2.32. The highest BCUT2D eigenvalue weighted by atomic mass is 32.2. The van der Waals surface area contributed by atoms with Gasteiger partial charge in [-0.3, -0.25) is 0 Å². The van der Waals surface area contributed by atoms with Gasteiger partial charge in [-0.05, 0) is 17.7 Å². The van der Waals surface area contributed by atoms with Crippen molar-refractivity contribution < 1.29 is 17.6 Å². The maximum absolute atomic E-state index is 14.1. The number of halogens is 1. The normalized spacial score (nSPS) is 15.8. The molecule has 2 amide bonds. The molecule has 2 aromatic rings. The molecule has 1 aliphatic rings. The zero-order valence-corrected chi connectivity index (χ0v) is 11.6. The number of benzene rings is 2. The summed E-state index contributed by atoms with van der Waals surface area (Å²) >= 11 is 0. The van der Waals surface area contributed by atoms with Crippen LogP contribution in [0.2, 0.25) is 0 Å². The van der Waals surface area contributed by atoms with E-state index in [1.807, 2.05) is 10.8 Å². The first-order valence-electron chi connectivity index (χ1n) is 6.16. The summed E-state index contributed by atoms with van der Waals surface area (Å²) in [6, 6.07) is 10.4. The topological polar surface area (TPSA) is 75.3 Å². The summed E-state index contributed by atoms with van der Waals surface area (Å²) in [6.45, 7) is 0. The highest BCUT2D eigenvalue weighted by molar-refractivity contribution is 7.90. The molecule has 5 nitrogen and oxygen atoms in total. The van der Waals surface area contributed by atoms with Crippen LogP contribution in [0.5, 0.6) is 0 Å². The van der Waals surface area contributed by atoms with E-state index in [1.54, 1.807) is 24.3 Å². The first-order chi connectivity index (χ1) is 9.97. The van der Waals surface area contributed by atoms with E-state index in [4.69, 9.17) is 0 Å². The number of rotatable bonds is 2. The fourth-order valence-corrected chi connectivity index (χ4v) is 3.35. The van der Waals surface area contributed by atoms with Gasteiger partial charge in [0.2, 0.25) is 0 Å². The van der Waals surface area contributed by atoms with Crippen molar-refractivity contribution in [2.24, 2.45) is 0 Å². The zero-order chi connectivity index (χ0) is 15.0. The Balaban J connectivity index is 2.15. The molecule has 1 aliphatic heterocycles. The van der Waals surface area contributed by atoms with Crippen LogP contribution in [0.4, 0.5) is 14.9 Å². The lowest BCUT2D eigenvalue weighted by Crippen LogP contribution is -2.39. The number of hydrogen-bond acceptors (Lipinski definition) is 3. The summed E-state index contributed by atoms with van der Waals surface area (Å²) in [5.74, 6) is -0.560. The van der Waals surface area contributed by atoms with E-state index in [0.29, 0.717) is 0 Å². The van der Waals surface area contributed by atoms with Crippen molar-refractivity contribution in [3.8, 4) is 0 Å². The maximum Gasteiger partial charge on any atom is 0.333 e. The zero-order valence-electron chi connectivity index (χ0n) is 10.8. The van der Waals surface area contributed by atoms with Crippen LogP contribution in [-0.4, -0.2) is 14.4 Å². The largest absolute Gasteiger partial charge is 0.333 e. The van der Waals surface area contributed by atoms with E-state index >= 15 is 0 Å². The Morgan fingerprint density at radius 3 is 2.48 bits per heavy atom. The van der Waals surface area contributed by atoms with Crippen LogP contribution in [0, 0.1) is 5.82 Å². The summed E-state index contributed by atoms with van der Waals surface area (Å²) in [6.07, 6.45) is 0.186. The van der Waals surface area contributed by atoms with Crippen LogP contribution in [0.15, 0.2) is 47.4 Å². The Morgan fingerprint density at radius 1 is 1.05 bits per heavy atom. The molecular weight excluding hydrogens is 295 g/mol. The van der Waals surface area contributed by atoms with Crippen LogP contribution in [0.25, 0.3) is 0 Å². The quantitative estimate of drug-likeness (QED) is 0.893. The highest BCUT2D eigenvalue weighted by Gasteiger charge is 2.30. The van der Waals surface area contributed by atoms with Gasteiger partial charge < -0.3 is 5.32 Å². The standard InChI is InChI=1S/C14H11FN2O3S/c15-11-6-7-12-13(16-14(18)17-21(12,19)20)10(11)8-9-4-2-1-3-5-9/h1-7H,8H2,(H2,16,17,18). The molecule has 0 saturated carbocycles. The van der Waals surface area contributed by atoms with Crippen molar-refractivity contribution in [2.75, 3.05) is 5.32 Å². The molecule has 1 heterocycles. The van der Waals surface area contributed by atoms with Gasteiger partial charge in [-0.2, -0.15) is 0 Å². The molecule has 0 fully saturated rings. The minimum absolute atomic E-state index is 0.00241. The van der Waals surface area contributed by atoms with E-state index in [1.165, 1.54) is 0 Å². The Kier molecular flexibility index (Phi) is 3.13. The average molecular weight is 306 g/mol. The summed E-state index contributed by atoms with van der Waals surface area (Å²) in [7, 11) is -3.95. The van der Waals surface area contributed by atoms with Crippen molar-refractivity contribution in [1.29, 1.82) is 0 Å². The second-order valence-electron chi connectivity index (χ2n) is 4.62. The van der Waals surface area contributed by atoms with Crippen molar-refractivity contribution in [1.82, 2.24) is 4.72 Å². The van der Waals surface area contributed by atoms with Crippen molar-refractivity contribution >= 4 is 21.7 Å². The van der Waals surface area contributed by atoms with Crippen LogP contribution in [0.1, 0.15) is 11.1 Å². The van der Waals surface area contributed by atoms with Gasteiger partial charge in [0.05, 0.1) is 5.69 Å². The number of urea groups is 1. The minimum Gasteiger partial charge on any atom is -0.305 e. The van der Waals surface area contributed by atoms with Gasteiger partial charge in [-0.1, -0.05) is 30.3 Å². The molecule has 0 aliphatic carbocycles. The molecule has 7 heteroatoms. The third kappa shape index (κ3) is 2.47. The third-order valence-corrected chi connectivity index (χ3v) is 4.57. The molecule has 0 atom stereocenters. The fourth-order valence-electron chi connectivity index (χ4n) is 2.25. The maximum atomic E-state index is 14.1. The molecule has 21 heavy (non-hydrogen) atoms. The predicted molar refractivity (Wildman–Crippen MR) is 75.0 cm³/mol. The number of hydrogen-bond donors (Lipinski definition) is 2. The van der Waals surface area contributed by atoms with Gasteiger partial charge in [0.25, 0.3) is 10.0 Å². The lowest BCUT2D eigenvalue weighted by molar-refractivity contribution is 0.256. The molecule has 0 aromatic heterocycles. The monoisotopic (exact) mass is 306 g/mol. The Labute approximate surface area is 120 Å². The molecule has 0 spiro atoms. The lowest BCUT2D eigenvalue weighted by Gasteiger charge is -2.21. The van der Waals surface area contributed by atoms with E-state index < -0.39 is 21.9 Å². The van der Waals surface area contributed by atoms with E-state index in [9.17, 15) is 17.6 Å². The Hall–Kier alpha value is -2.41. The molecular formula is C14H11FN2O3S. The second-order valence-corrected chi connectivity index (χ2v) is 6.27. The second kappa shape index (κ2) is 4.85. The number of fused-ring (bicyclic) bond motifs is 1. The fraction of sp³-hybridized carbons (Fsp3) is 0.0714. The lowest BCUT2D eigenvalue weighted by atomic mass is 10.0. The van der Waals surface area contributed by atoms with E-state index in [2.05, 4.69) is 5.32 Å². The number of nitrogens with one attached hydrogen (secondary N) is 2. The van der Waals surface area contributed by atoms with Gasteiger partial charge in [-0.25, -0.2) is 22.3 Å². The third-order valence-electron chi connectivity index (χ3n) is 3.20. The minimum atomic E-state index is -3.95. The van der Waals surface area contributed by atoms with Crippen LogP contribution in [-0.2, 0) is 16.4 Å². The number of carbonyl (C=O) groups excluding carboxylic acids is 1. The van der Waals surface area contributed by atoms with Crippen LogP contribution in [0.3, 0.4) is 0 Å². The van der Waals surface area contributed by atoms with Gasteiger partial charge in [-0.15, -0.1) is 0 Å². The molecule has 3 rings (SSSR count). The first-order valence-corrected chi connectivity index (χ1v) is 7.65. The summed E-state index contributed by atoms with van der Waals surface area (Å²) in [4.78, 5) is 11.3. The number of sulfonamides is 1. The smallest absolute Gasteiger partial charge is 0.305 e. The Morgan fingerprint density at radius 2 is 1.76 bits per heavy atom. The SMILES string of the molecule is O=C1Nc2c(ccc(F)c2Cc2ccccc2)S(=O)(=O)N1. The average Bonchev–Trinajstić information content (AvgIpc) is 2.42. The van der Waals surface area contributed by atoms with Gasteiger partial charge in [0.15, 0.2) is 0 Å². The Bertz CT molecular complexity index is 820. The van der Waals surface area contributed by atoms with E-state index in [0.717, 1.165) is 17.7 Å². The summed E-state index contributed by atoms with van der Waals surface area (Å²) < 4.78 is 39.7. The molecule has 2 aromatic carbocycles. The summed E-state index contributed by atoms with van der Waals surface area (Å²) in [5, 5.41) is 2.38. The molecule has 0 bridgehead atoms. The molecule has 2 N–H and O–H groups in total. The van der Waals surface area contributed by atoms with Crippen LogP contribution < -0.4 is 10.0 Å². The number of anilines is 1. The first kappa shape index (κ1) is 13.6. The molecule has 0 radical (unpaired) electrons. The van der Waals surface area contributed by atoms with Crippen LogP contribution >= 0.6 is 0 Å². The summed E-state index contributed by atoms with van der Waals surface area (Å²) in [5.41, 5.74) is 0.967. The van der Waals surface area contributed by atoms with Gasteiger partial charge >= 0.3 is 6.03 Å². The van der Waals surface area contributed by atoms with Crippen molar-refractivity contribution in [3.63, 3.8) is 0 Å². The van der Waals surface area contributed by atoms with Crippen molar-refractivity contribution in [2.45, 2.75) is 11.3 Å². The number of carbonyl (C=O) groups is 1. The molecule has 0 saturated heterocycles. The molecule has 108 valence electrons. The van der Waals surface area contributed by atoms with E-state index in [-0.39, 0.29) is 22.6 Å². The predicted octanol–water partition coefficient (Wildman–Crippen LogP) is 2.24. The van der Waals surface area contributed by atoms with Crippen molar-refractivity contribution in [3.05, 3.63) is 59.4 Å². The van der Waals surface area contributed by atoms with Gasteiger partial charge in [0, 0.05) is 12.0 Å². The van der Waals surface area contributed by atoms with Gasteiger partial charge in [0.1, 0.15) is 10.7 Å².